The average molecular weight is 541 g/mol. The molecule has 0 fully saturated rings. The monoisotopic (exact) mass is 540 g/mol. The van der Waals surface area contributed by atoms with E-state index in [0.29, 0.717) is 27.1 Å². The van der Waals surface area contributed by atoms with E-state index >= 15 is 0 Å². The van der Waals surface area contributed by atoms with Crippen molar-refractivity contribution in [3.8, 4) is 11.5 Å². The highest BCUT2D eigenvalue weighted by molar-refractivity contribution is 9.10. The molecule has 0 bridgehead atoms. The van der Waals surface area contributed by atoms with Crippen LogP contribution in [0.2, 0.25) is 0 Å². The number of amides is 2. The number of ether oxygens (including phenoxy) is 2. The lowest BCUT2D eigenvalue weighted by molar-refractivity contribution is -0.385. The van der Waals surface area contributed by atoms with Crippen molar-refractivity contribution in [1.29, 1.82) is 0 Å². The molecule has 11 heteroatoms. The van der Waals surface area contributed by atoms with Crippen molar-refractivity contribution < 1.29 is 24.0 Å². The van der Waals surface area contributed by atoms with Crippen LogP contribution in [0.5, 0.6) is 11.5 Å². The van der Waals surface area contributed by atoms with Crippen LogP contribution in [-0.4, -0.2) is 37.2 Å². The lowest BCUT2D eigenvalue weighted by Gasteiger charge is -2.11. The molecule has 0 spiro atoms. The number of carbonyl (C=O) groups is 2. The first-order valence-electron chi connectivity index (χ1n) is 10.2. The predicted octanol–water partition coefficient (Wildman–Crippen LogP) is 4.70. The standard InChI is InChI=1S/C24H21BrN4O6/c1-14-8-9-15(12-19(14)29(32)33)23(30)27-18-7-5-4-6-16(18)24(31)28-26-13-17-20(34-2)10-11-21(35-3)22(17)25/h4-13H,1-3H3,(H,27,30)(H,28,31). The van der Waals surface area contributed by atoms with Gasteiger partial charge < -0.3 is 14.8 Å². The first-order valence-corrected chi connectivity index (χ1v) is 11.0. The number of nitrogens with one attached hydrogen (secondary N) is 2. The fraction of sp³-hybridized carbons (Fsp3) is 0.125. The Bertz CT molecular complexity index is 1330. The number of benzene rings is 3. The third-order valence-corrected chi connectivity index (χ3v) is 5.81. The molecule has 0 unspecified atom stereocenters. The van der Waals surface area contributed by atoms with Gasteiger partial charge in [-0.15, -0.1) is 0 Å². The maximum atomic E-state index is 12.8. The number of nitrogens with zero attached hydrogens (tertiary/aromatic N) is 2. The third-order valence-electron chi connectivity index (χ3n) is 4.99. The molecule has 3 rings (SSSR count). The molecular formula is C24H21BrN4O6. The molecule has 35 heavy (non-hydrogen) atoms. The van der Waals surface area contributed by atoms with Gasteiger partial charge in [-0.3, -0.25) is 19.7 Å². The maximum absolute atomic E-state index is 12.8. The highest BCUT2D eigenvalue weighted by Gasteiger charge is 2.18. The largest absolute Gasteiger partial charge is 0.496 e. The number of rotatable bonds is 8. The molecule has 0 aromatic heterocycles. The number of nitro groups is 1. The second-order valence-corrected chi connectivity index (χ2v) is 7.95. The molecule has 0 aliphatic heterocycles. The summed E-state index contributed by atoms with van der Waals surface area (Å²) in [5.74, 6) is -0.106. The second kappa shape index (κ2) is 11.3. The highest BCUT2D eigenvalue weighted by Crippen LogP contribution is 2.33. The number of methoxy groups -OCH3 is 2. The van der Waals surface area contributed by atoms with Crippen molar-refractivity contribution in [2.24, 2.45) is 5.10 Å². The van der Waals surface area contributed by atoms with Gasteiger partial charge in [0.25, 0.3) is 17.5 Å². The molecule has 2 amide bonds. The normalized spacial score (nSPS) is 10.6. The Morgan fingerprint density at radius 3 is 2.40 bits per heavy atom. The number of anilines is 1. The Kier molecular flexibility index (Phi) is 8.16. The number of hydrazone groups is 1. The molecule has 2 N–H and O–H groups in total. The summed E-state index contributed by atoms with van der Waals surface area (Å²) in [6.07, 6.45) is 1.40. The molecule has 180 valence electrons. The molecular weight excluding hydrogens is 520 g/mol. The summed E-state index contributed by atoms with van der Waals surface area (Å²) in [4.78, 5) is 36.1. The van der Waals surface area contributed by atoms with E-state index in [1.54, 1.807) is 37.3 Å². The van der Waals surface area contributed by atoms with Crippen molar-refractivity contribution >= 4 is 45.3 Å². The molecule has 0 radical (unpaired) electrons. The van der Waals surface area contributed by atoms with Gasteiger partial charge in [0.15, 0.2) is 0 Å². The van der Waals surface area contributed by atoms with Gasteiger partial charge in [0.2, 0.25) is 0 Å². The first-order chi connectivity index (χ1) is 16.8. The number of hydrogen-bond acceptors (Lipinski definition) is 7. The van der Waals surface area contributed by atoms with Gasteiger partial charge in [-0.05, 0) is 53.2 Å². The van der Waals surface area contributed by atoms with Crippen molar-refractivity contribution in [3.63, 3.8) is 0 Å². The Hall–Kier alpha value is -4.25. The number of halogens is 1. The van der Waals surface area contributed by atoms with Gasteiger partial charge in [-0.2, -0.15) is 5.10 Å². The maximum Gasteiger partial charge on any atom is 0.273 e. The Morgan fingerprint density at radius 1 is 1.03 bits per heavy atom. The van der Waals surface area contributed by atoms with Gasteiger partial charge >= 0.3 is 0 Å². The van der Waals surface area contributed by atoms with Gasteiger partial charge in [0, 0.05) is 17.2 Å². The zero-order valence-electron chi connectivity index (χ0n) is 19.0. The molecule has 0 saturated heterocycles. The zero-order valence-corrected chi connectivity index (χ0v) is 20.6. The van der Waals surface area contributed by atoms with Gasteiger partial charge in [0.1, 0.15) is 11.5 Å². The summed E-state index contributed by atoms with van der Waals surface area (Å²) in [5.41, 5.74) is 3.69. The van der Waals surface area contributed by atoms with Crippen LogP contribution < -0.4 is 20.2 Å². The van der Waals surface area contributed by atoms with Crippen LogP contribution in [0.3, 0.4) is 0 Å². The Morgan fingerprint density at radius 2 is 1.71 bits per heavy atom. The number of hydrogen-bond donors (Lipinski definition) is 2. The smallest absolute Gasteiger partial charge is 0.273 e. The Balaban J connectivity index is 1.80. The van der Waals surface area contributed by atoms with E-state index in [2.05, 4.69) is 31.8 Å². The zero-order chi connectivity index (χ0) is 25.5. The van der Waals surface area contributed by atoms with Gasteiger partial charge in [0.05, 0.1) is 46.6 Å². The fourth-order valence-electron chi connectivity index (χ4n) is 3.16. The fourth-order valence-corrected chi connectivity index (χ4v) is 3.75. The lowest BCUT2D eigenvalue weighted by atomic mass is 10.1. The number of carbonyl (C=O) groups excluding carboxylic acids is 2. The van der Waals surface area contributed by atoms with E-state index in [9.17, 15) is 19.7 Å². The van der Waals surface area contributed by atoms with Crippen LogP contribution in [0, 0.1) is 17.0 Å². The van der Waals surface area contributed by atoms with Crippen LogP contribution in [0.15, 0.2) is 64.2 Å². The third kappa shape index (κ3) is 5.82. The van der Waals surface area contributed by atoms with E-state index in [4.69, 9.17) is 9.47 Å². The predicted molar refractivity (Wildman–Crippen MR) is 135 cm³/mol. The van der Waals surface area contributed by atoms with Crippen molar-refractivity contribution in [3.05, 3.63) is 91.4 Å². The minimum absolute atomic E-state index is 0.0884. The summed E-state index contributed by atoms with van der Waals surface area (Å²) in [5, 5.41) is 17.8. The molecule has 0 heterocycles. The van der Waals surface area contributed by atoms with E-state index in [0.717, 1.165) is 0 Å². The minimum Gasteiger partial charge on any atom is -0.496 e. The van der Waals surface area contributed by atoms with Crippen molar-refractivity contribution in [2.45, 2.75) is 6.92 Å². The summed E-state index contributed by atoms with van der Waals surface area (Å²) < 4.78 is 11.2. The molecule has 0 aliphatic carbocycles. The average Bonchev–Trinajstić information content (AvgIpc) is 2.85. The van der Waals surface area contributed by atoms with E-state index in [1.807, 2.05) is 0 Å². The molecule has 0 atom stereocenters. The van der Waals surface area contributed by atoms with E-state index in [1.165, 1.54) is 44.7 Å². The van der Waals surface area contributed by atoms with Gasteiger partial charge in [-0.1, -0.05) is 18.2 Å². The van der Waals surface area contributed by atoms with Crippen LogP contribution >= 0.6 is 15.9 Å². The summed E-state index contributed by atoms with van der Waals surface area (Å²) in [7, 11) is 3.03. The molecule has 10 nitrogen and oxygen atoms in total. The number of aryl methyl sites for hydroxylation is 1. The highest BCUT2D eigenvalue weighted by atomic mass is 79.9. The molecule has 0 saturated carbocycles. The lowest BCUT2D eigenvalue weighted by Crippen LogP contribution is -2.21. The quantitative estimate of drug-likeness (QED) is 0.242. The van der Waals surface area contributed by atoms with Crippen molar-refractivity contribution in [2.75, 3.05) is 19.5 Å². The summed E-state index contributed by atoms with van der Waals surface area (Å²) in [6, 6.07) is 13.9. The summed E-state index contributed by atoms with van der Waals surface area (Å²) >= 11 is 3.43. The van der Waals surface area contributed by atoms with E-state index < -0.39 is 16.7 Å². The van der Waals surface area contributed by atoms with Gasteiger partial charge in [-0.25, -0.2) is 5.43 Å². The van der Waals surface area contributed by atoms with Crippen LogP contribution in [0.1, 0.15) is 31.8 Å². The van der Waals surface area contributed by atoms with Crippen LogP contribution in [0.25, 0.3) is 0 Å². The summed E-state index contributed by atoms with van der Waals surface area (Å²) in [6.45, 7) is 1.58. The first kappa shape index (κ1) is 25.4. The SMILES string of the molecule is COc1ccc(OC)c(C=NNC(=O)c2ccccc2NC(=O)c2ccc(C)c([N+](=O)[O-])c2)c1Br. The number of nitro benzene ring substituents is 1. The topological polar surface area (TPSA) is 132 Å². The van der Waals surface area contributed by atoms with Crippen LogP contribution in [0.4, 0.5) is 11.4 Å². The second-order valence-electron chi connectivity index (χ2n) is 7.15. The van der Waals surface area contributed by atoms with Crippen LogP contribution in [-0.2, 0) is 0 Å². The van der Waals surface area contributed by atoms with Crippen molar-refractivity contribution in [1.82, 2.24) is 5.43 Å². The molecule has 3 aromatic rings. The van der Waals surface area contributed by atoms with E-state index in [-0.39, 0.29) is 22.5 Å². The molecule has 0 aliphatic rings. The number of para-hydroxylation sites is 1. The minimum atomic E-state index is -0.595. The Labute approximate surface area is 209 Å². The molecule has 3 aromatic carbocycles.